The molecule has 0 radical (unpaired) electrons. The molecule has 0 heterocycles. The number of likely N-dealkylation sites (N-methyl/N-ethyl adjacent to an activating group) is 1. The highest BCUT2D eigenvalue weighted by atomic mass is 16.5. The Morgan fingerprint density at radius 3 is 2.18 bits per heavy atom. The number of carbonyl (C=O) groups excluding carboxylic acids is 1. The Bertz CT molecular complexity index is 140. The lowest BCUT2D eigenvalue weighted by Crippen LogP contribution is -2.56. The Hall–Kier alpha value is -0.610. The molecule has 0 aromatic rings. The zero-order chi connectivity index (χ0) is 9.07. The van der Waals surface area contributed by atoms with Crippen molar-refractivity contribution in [2.45, 2.75) is 25.4 Å². The number of hydrogen-bond acceptors (Lipinski definition) is 4. The summed E-state index contributed by atoms with van der Waals surface area (Å²) >= 11 is 0. The van der Waals surface area contributed by atoms with Crippen LogP contribution >= 0.6 is 0 Å². The molecule has 66 valence electrons. The molecule has 0 saturated heterocycles. The maximum atomic E-state index is 11.0. The van der Waals surface area contributed by atoms with Crippen molar-refractivity contribution in [3.05, 3.63) is 0 Å². The van der Waals surface area contributed by atoms with Crippen LogP contribution in [0.1, 0.15) is 13.8 Å². The molecule has 0 aromatic heterocycles. The van der Waals surface area contributed by atoms with Crippen LogP contribution in [0.25, 0.3) is 0 Å². The highest BCUT2D eigenvalue weighted by molar-refractivity contribution is 5.77. The van der Waals surface area contributed by atoms with Crippen LogP contribution in [0.3, 0.4) is 0 Å². The van der Waals surface area contributed by atoms with Crippen molar-refractivity contribution < 1.29 is 9.53 Å². The smallest absolute Gasteiger partial charge is 0.324 e. The highest BCUT2D eigenvalue weighted by Crippen LogP contribution is 2.05. The maximum Gasteiger partial charge on any atom is 0.324 e. The van der Waals surface area contributed by atoms with E-state index < -0.39 is 11.6 Å². The Morgan fingerprint density at radius 1 is 1.64 bits per heavy atom. The molecular formula is C7H16N2O2. The fraction of sp³-hybridized carbons (Fsp3) is 0.857. The zero-order valence-electron chi connectivity index (χ0n) is 7.47. The van der Waals surface area contributed by atoms with E-state index in [9.17, 15) is 4.79 Å². The predicted molar refractivity (Wildman–Crippen MR) is 43.1 cm³/mol. The van der Waals surface area contributed by atoms with Crippen LogP contribution in [0, 0.1) is 0 Å². The van der Waals surface area contributed by atoms with Gasteiger partial charge in [0.1, 0.15) is 6.04 Å². The number of nitrogens with two attached hydrogens (primary N) is 1. The molecule has 0 amide bonds. The second-order valence-electron chi connectivity index (χ2n) is 3.07. The minimum Gasteiger partial charge on any atom is -0.468 e. The minimum absolute atomic E-state index is 0.333. The number of rotatable bonds is 3. The van der Waals surface area contributed by atoms with E-state index in [0.29, 0.717) is 0 Å². The van der Waals surface area contributed by atoms with Gasteiger partial charge in [-0.05, 0) is 20.9 Å². The lowest BCUT2D eigenvalue weighted by molar-refractivity contribution is -0.144. The quantitative estimate of drug-likeness (QED) is 0.545. The second-order valence-corrected chi connectivity index (χ2v) is 3.07. The lowest BCUT2D eigenvalue weighted by atomic mass is 9.96. The van der Waals surface area contributed by atoms with Crippen molar-refractivity contribution in [3.8, 4) is 0 Å². The van der Waals surface area contributed by atoms with Gasteiger partial charge in [0.2, 0.25) is 0 Å². The van der Waals surface area contributed by atoms with Gasteiger partial charge in [0, 0.05) is 5.54 Å². The molecule has 1 unspecified atom stereocenters. The van der Waals surface area contributed by atoms with Crippen molar-refractivity contribution >= 4 is 5.97 Å². The van der Waals surface area contributed by atoms with Gasteiger partial charge >= 0.3 is 5.97 Å². The van der Waals surface area contributed by atoms with Crippen molar-refractivity contribution in [1.82, 2.24) is 5.32 Å². The Kier molecular flexibility index (Phi) is 3.48. The fourth-order valence-corrected chi connectivity index (χ4v) is 0.911. The van der Waals surface area contributed by atoms with Crippen molar-refractivity contribution in [2.75, 3.05) is 14.2 Å². The van der Waals surface area contributed by atoms with Gasteiger partial charge in [0.25, 0.3) is 0 Å². The third-order valence-electron chi connectivity index (χ3n) is 1.47. The molecule has 4 nitrogen and oxygen atoms in total. The van der Waals surface area contributed by atoms with Gasteiger partial charge in [-0.25, -0.2) is 0 Å². The average Bonchev–Trinajstić information content (AvgIpc) is 1.86. The van der Waals surface area contributed by atoms with E-state index in [1.54, 1.807) is 20.9 Å². The summed E-state index contributed by atoms with van der Waals surface area (Å²) in [6.45, 7) is 3.54. The molecule has 0 fully saturated rings. The second kappa shape index (κ2) is 3.69. The standard InChI is InChI=1S/C7H16N2O2/c1-7(2,8)5(9-3)6(10)11-4/h5,9H,8H2,1-4H3. The summed E-state index contributed by atoms with van der Waals surface area (Å²) in [7, 11) is 3.02. The van der Waals surface area contributed by atoms with Gasteiger partial charge in [-0.1, -0.05) is 0 Å². The molecule has 0 rings (SSSR count). The van der Waals surface area contributed by atoms with Gasteiger partial charge < -0.3 is 15.8 Å². The molecule has 0 spiro atoms. The number of methoxy groups -OCH3 is 1. The largest absolute Gasteiger partial charge is 0.468 e. The monoisotopic (exact) mass is 160 g/mol. The molecule has 1 atom stereocenters. The molecule has 0 aliphatic heterocycles. The van der Waals surface area contributed by atoms with E-state index >= 15 is 0 Å². The summed E-state index contributed by atoms with van der Waals surface area (Å²) in [6, 6.07) is -0.451. The summed E-state index contributed by atoms with van der Waals surface area (Å²) in [4.78, 5) is 11.0. The van der Waals surface area contributed by atoms with Crippen LogP contribution in [0.2, 0.25) is 0 Å². The van der Waals surface area contributed by atoms with Crippen molar-refractivity contribution in [1.29, 1.82) is 0 Å². The highest BCUT2D eigenvalue weighted by Gasteiger charge is 2.30. The third-order valence-corrected chi connectivity index (χ3v) is 1.47. The van der Waals surface area contributed by atoms with Gasteiger partial charge in [0.15, 0.2) is 0 Å². The van der Waals surface area contributed by atoms with Crippen molar-refractivity contribution in [2.24, 2.45) is 5.73 Å². The summed E-state index contributed by atoms with van der Waals surface area (Å²) < 4.78 is 4.55. The summed E-state index contributed by atoms with van der Waals surface area (Å²) in [5.41, 5.74) is 5.11. The first kappa shape index (κ1) is 10.4. The van der Waals surface area contributed by atoms with E-state index in [4.69, 9.17) is 5.73 Å². The van der Waals surface area contributed by atoms with Crippen LogP contribution < -0.4 is 11.1 Å². The molecule has 0 aromatic carbocycles. The fourth-order valence-electron chi connectivity index (χ4n) is 0.911. The van der Waals surface area contributed by atoms with Gasteiger partial charge in [-0.3, -0.25) is 4.79 Å². The van der Waals surface area contributed by atoms with E-state index in [1.165, 1.54) is 7.11 Å². The SMILES string of the molecule is CNC(C(=O)OC)C(C)(C)N. The number of nitrogens with one attached hydrogen (secondary N) is 1. The minimum atomic E-state index is -0.595. The third kappa shape index (κ3) is 2.86. The van der Waals surface area contributed by atoms with E-state index in [1.807, 2.05) is 0 Å². The van der Waals surface area contributed by atoms with Crippen LogP contribution in [-0.4, -0.2) is 31.7 Å². The van der Waals surface area contributed by atoms with Gasteiger partial charge in [-0.2, -0.15) is 0 Å². The predicted octanol–water partition coefficient (Wildman–Crippen LogP) is -0.515. The van der Waals surface area contributed by atoms with Crippen LogP contribution in [0.15, 0.2) is 0 Å². The summed E-state index contributed by atoms with van der Waals surface area (Å²) in [5.74, 6) is -0.333. The Labute approximate surface area is 67.1 Å². The Balaban J connectivity index is 4.29. The molecule has 0 saturated carbocycles. The first-order valence-corrected chi connectivity index (χ1v) is 3.47. The Morgan fingerprint density at radius 2 is 2.09 bits per heavy atom. The lowest BCUT2D eigenvalue weighted by Gasteiger charge is -2.27. The number of hydrogen-bond donors (Lipinski definition) is 2. The van der Waals surface area contributed by atoms with E-state index in [2.05, 4.69) is 10.1 Å². The summed E-state index contributed by atoms with van der Waals surface area (Å²) in [5, 5.41) is 2.79. The molecule has 0 aliphatic rings. The number of ether oxygens (including phenoxy) is 1. The van der Waals surface area contributed by atoms with Gasteiger partial charge in [-0.15, -0.1) is 0 Å². The first-order chi connectivity index (χ1) is 4.93. The molecule has 3 N–H and O–H groups in total. The average molecular weight is 160 g/mol. The molecular weight excluding hydrogens is 144 g/mol. The van der Waals surface area contributed by atoms with Crippen LogP contribution in [0.4, 0.5) is 0 Å². The maximum absolute atomic E-state index is 11.0. The molecule has 11 heavy (non-hydrogen) atoms. The number of esters is 1. The molecule has 4 heteroatoms. The summed E-state index contributed by atoms with van der Waals surface area (Å²) in [6.07, 6.45) is 0. The van der Waals surface area contributed by atoms with E-state index in [0.717, 1.165) is 0 Å². The number of carbonyl (C=O) groups is 1. The van der Waals surface area contributed by atoms with Gasteiger partial charge in [0.05, 0.1) is 7.11 Å². The molecule has 0 aliphatic carbocycles. The molecule has 0 bridgehead atoms. The van der Waals surface area contributed by atoms with Crippen LogP contribution in [-0.2, 0) is 9.53 Å². The zero-order valence-corrected chi connectivity index (χ0v) is 7.47. The van der Waals surface area contributed by atoms with Crippen LogP contribution in [0.5, 0.6) is 0 Å². The normalized spacial score (nSPS) is 14.3. The first-order valence-electron chi connectivity index (χ1n) is 3.47. The topological polar surface area (TPSA) is 64.3 Å². The van der Waals surface area contributed by atoms with Crippen molar-refractivity contribution in [3.63, 3.8) is 0 Å². The van der Waals surface area contributed by atoms with E-state index in [-0.39, 0.29) is 5.97 Å².